The highest BCUT2D eigenvalue weighted by molar-refractivity contribution is 5.93. The van der Waals surface area contributed by atoms with Crippen LogP contribution in [0.15, 0.2) is 11.6 Å². The molecule has 1 fully saturated rings. The molecule has 90 valence electrons. The van der Waals surface area contributed by atoms with Crippen molar-refractivity contribution < 1.29 is 19.8 Å². The number of aliphatic carboxylic acids is 2. The summed E-state index contributed by atoms with van der Waals surface area (Å²) in [5.74, 6) is -2.99. The normalized spacial score (nSPS) is 20.4. The first kappa shape index (κ1) is 12.7. The fraction of sp³-hybridized carbons (Fsp3) is 0.667. The largest absolute Gasteiger partial charge is 0.481 e. The zero-order valence-electron chi connectivity index (χ0n) is 9.48. The molecular formula is C12H18O4. The number of carboxylic acid groups (broad SMARTS) is 2. The predicted octanol–water partition coefficient (Wildman–Crippen LogP) is 2.30. The van der Waals surface area contributed by atoms with Gasteiger partial charge in [-0.05, 0) is 25.7 Å². The minimum absolute atomic E-state index is 0.0199. The summed E-state index contributed by atoms with van der Waals surface area (Å²) < 4.78 is 0. The molecule has 1 saturated carbocycles. The van der Waals surface area contributed by atoms with Crippen LogP contribution in [0.5, 0.6) is 0 Å². The second kappa shape index (κ2) is 5.68. The fourth-order valence-corrected chi connectivity index (χ4v) is 2.49. The summed E-state index contributed by atoms with van der Waals surface area (Å²) in [7, 11) is 0. The Labute approximate surface area is 95.0 Å². The maximum atomic E-state index is 11.2. The van der Waals surface area contributed by atoms with Crippen LogP contribution in [-0.2, 0) is 9.59 Å². The van der Waals surface area contributed by atoms with Gasteiger partial charge in [0.05, 0.1) is 5.92 Å². The van der Waals surface area contributed by atoms with Gasteiger partial charge in [0.25, 0.3) is 0 Å². The van der Waals surface area contributed by atoms with Gasteiger partial charge in [-0.1, -0.05) is 25.3 Å². The number of carbonyl (C=O) groups is 2. The molecule has 4 nitrogen and oxygen atoms in total. The van der Waals surface area contributed by atoms with Crippen molar-refractivity contribution in [3.8, 4) is 0 Å². The molecule has 0 aromatic rings. The molecule has 4 heteroatoms. The summed E-state index contributed by atoms with van der Waals surface area (Å²) in [6.45, 7) is 1.59. The lowest BCUT2D eigenvalue weighted by atomic mass is 9.76. The average molecular weight is 226 g/mol. The van der Waals surface area contributed by atoms with E-state index < -0.39 is 17.9 Å². The van der Waals surface area contributed by atoms with Crippen LogP contribution in [0.25, 0.3) is 0 Å². The molecule has 0 amide bonds. The van der Waals surface area contributed by atoms with Crippen LogP contribution in [0, 0.1) is 11.8 Å². The molecule has 0 saturated heterocycles. The van der Waals surface area contributed by atoms with Crippen molar-refractivity contribution in [3.05, 3.63) is 11.6 Å². The van der Waals surface area contributed by atoms with E-state index in [0.29, 0.717) is 0 Å². The SMILES string of the molecule is CC=C(C(=O)O)C(C(=O)O)C1CCCCC1. The Morgan fingerprint density at radius 3 is 2.12 bits per heavy atom. The lowest BCUT2D eigenvalue weighted by Gasteiger charge is -2.27. The highest BCUT2D eigenvalue weighted by Gasteiger charge is 2.34. The topological polar surface area (TPSA) is 74.6 Å². The summed E-state index contributed by atoms with van der Waals surface area (Å²) in [5.41, 5.74) is 0.0272. The molecule has 1 rings (SSSR count). The van der Waals surface area contributed by atoms with Crippen molar-refractivity contribution in [1.29, 1.82) is 0 Å². The zero-order chi connectivity index (χ0) is 12.1. The zero-order valence-corrected chi connectivity index (χ0v) is 9.48. The van der Waals surface area contributed by atoms with Gasteiger partial charge in [0, 0.05) is 5.57 Å². The number of hydrogen-bond donors (Lipinski definition) is 2. The van der Waals surface area contributed by atoms with Crippen LogP contribution in [-0.4, -0.2) is 22.2 Å². The first-order valence-electron chi connectivity index (χ1n) is 5.70. The second-order valence-electron chi connectivity index (χ2n) is 4.26. The van der Waals surface area contributed by atoms with Gasteiger partial charge in [-0.15, -0.1) is 0 Å². The van der Waals surface area contributed by atoms with Crippen molar-refractivity contribution in [2.24, 2.45) is 11.8 Å². The average Bonchev–Trinajstić information content (AvgIpc) is 2.25. The van der Waals surface area contributed by atoms with Crippen LogP contribution in [0.2, 0.25) is 0 Å². The van der Waals surface area contributed by atoms with Crippen LogP contribution in [0.3, 0.4) is 0 Å². The summed E-state index contributed by atoms with van der Waals surface area (Å²) >= 11 is 0. The maximum absolute atomic E-state index is 11.2. The molecule has 0 aromatic carbocycles. The van der Waals surface area contributed by atoms with Crippen molar-refractivity contribution >= 4 is 11.9 Å². The van der Waals surface area contributed by atoms with E-state index in [-0.39, 0.29) is 11.5 Å². The van der Waals surface area contributed by atoms with Gasteiger partial charge in [-0.2, -0.15) is 0 Å². The third-order valence-corrected chi connectivity index (χ3v) is 3.28. The summed E-state index contributed by atoms with van der Waals surface area (Å²) in [6, 6.07) is 0. The van der Waals surface area contributed by atoms with E-state index in [1.165, 1.54) is 6.08 Å². The standard InChI is InChI=1S/C12H18O4/c1-2-9(11(13)14)10(12(15)16)8-6-4-3-5-7-8/h2,8,10H,3-7H2,1H3,(H,13,14)(H,15,16). The highest BCUT2D eigenvalue weighted by atomic mass is 16.4. The van der Waals surface area contributed by atoms with E-state index in [1.807, 2.05) is 0 Å². The molecule has 16 heavy (non-hydrogen) atoms. The molecule has 0 heterocycles. The quantitative estimate of drug-likeness (QED) is 0.721. The highest BCUT2D eigenvalue weighted by Crippen LogP contribution is 2.34. The van der Waals surface area contributed by atoms with Gasteiger partial charge in [-0.3, -0.25) is 4.79 Å². The van der Waals surface area contributed by atoms with Crippen LogP contribution < -0.4 is 0 Å². The van der Waals surface area contributed by atoms with E-state index in [2.05, 4.69) is 0 Å². The van der Waals surface area contributed by atoms with Gasteiger partial charge in [0.2, 0.25) is 0 Å². The van der Waals surface area contributed by atoms with Crippen molar-refractivity contribution in [2.45, 2.75) is 39.0 Å². The van der Waals surface area contributed by atoms with Crippen LogP contribution in [0.1, 0.15) is 39.0 Å². The molecule has 1 aliphatic rings. The Morgan fingerprint density at radius 1 is 1.19 bits per heavy atom. The van der Waals surface area contributed by atoms with Gasteiger partial charge < -0.3 is 10.2 Å². The Hall–Kier alpha value is -1.32. The van der Waals surface area contributed by atoms with E-state index in [0.717, 1.165) is 32.1 Å². The Morgan fingerprint density at radius 2 is 1.75 bits per heavy atom. The minimum atomic E-state index is -1.11. The molecule has 0 bridgehead atoms. The molecule has 0 spiro atoms. The van der Waals surface area contributed by atoms with E-state index >= 15 is 0 Å². The smallest absolute Gasteiger partial charge is 0.332 e. The third kappa shape index (κ3) is 2.84. The van der Waals surface area contributed by atoms with Gasteiger partial charge in [0.15, 0.2) is 0 Å². The van der Waals surface area contributed by atoms with Crippen LogP contribution in [0.4, 0.5) is 0 Å². The Balaban J connectivity index is 2.88. The molecule has 0 aromatic heterocycles. The van der Waals surface area contributed by atoms with E-state index in [1.54, 1.807) is 6.92 Å². The third-order valence-electron chi connectivity index (χ3n) is 3.28. The van der Waals surface area contributed by atoms with E-state index in [4.69, 9.17) is 5.11 Å². The Bertz CT molecular complexity index is 300. The van der Waals surface area contributed by atoms with Crippen molar-refractivity contribution in [1.82, 2.24) is 0 Å². The fourth-order valence-electron chi connectivity index (χ4n) is 2.49. The van der Waals surface area contributed by atoms with Crippen molar-refractivity contribution in [2.75, 3.05) is 0 Å². The lowest BCUT2D eigenvalue weighted by molar-refractivity contribution is -0.146. The first-order chi connectivity index (χ1) is 7.57. The molecule has 1 unspecified atom stereocenters. The Kier molecular flexibility index (Phi) is 4.52. The minimum Gasteiger partial charge on any atom is -0.481 e. The summed E-state index contributed by atoms with van der Waals surface area (Å²) in [6.07, 6.45) is 6.19. The first-order valence-corrected chi connectivity index (χ1v) is 5.70. The number of rotatable bonds is 4. The molecule has 0 aliphatic heterocycles. The van der Waals surface area contributed by atoms with Crippen molar-refractivity contribution in [3.63, 3.8) is 0 Å². The maximum Gasteiger partial charge on any atom is 0.332 e. The number of allylic oxidation sites excluding steroid dienone is 1. The van der Waals surface area contributed by atoms with Gasteiger partial charge in [0.1, 0.15) is 0 Å². The van der Waals surface area contributed by atoms with Gasteiger partial charge >= 0.3 is 11.9 Å². The summed E-state index contributed by atoms with van der Waals surface area (Å²) in [4.78, 5) is 22.2. The second-order valence-corrected chi connectivity index (χ2v) is 4.26. The molecule has 1 aliphatic carbocycles. The lowest BCUT2D eigenvalue weighted by Crippen LogP contribution is -2.30. The monoisotopic (exact) mass is 226 g/mol. The van der Waals surface area contributed by atoms with E-state index in [9.17, 15) is 14.7 Å². The predicted molar refractivity (Wildman–Crippen MR) is 59.1 cm³/mol. The molecule has 2 N–H and O–H groups in total. The number of carboxylic acids is 2. The molecule has 0 radical (unpaired) electrons. The number of hydrogen-bond acceptors (Lipinski definition) is 2. The molecular weight excluding hydrogens is 208 g/mol. The van der Waals surface area contributed by atoms with Gasteiger partial charge in [-0.25, -0.2) is 4.79 Å². The van der Waals surface area contributed by atoms with Crippen LogP contribution >= 0.6 is 0 Å². The summed E-state index contributed by atoms with van der Waals surface area (Å²) in [5, 5.41) is 18.2. The molecule has 1 atom stereocenters.